The molecule has 1 amide bonds. The Morgan fingerprint density at radius 2 is 1.73 bits per heavy atom. The van der Waals surface area contributed by atoms with Crippen molar-refractivity contribution in [2.24, 2.45) is 0 Å². The number of sulfone groups is 1. The lowest BCUT2D eigenvalue weighted by atomic mass is 10.2. The number of rotatable bonds is 8. The molecule has 2 N–H and O–H groups in total. The van der Waals surface area contributed by atoms with Crippen LogP contribution in [0.15, 0.2) is 71.9 Å². The zero-order chi connectivity index (χ0) is 21.7. The van der Waals surface area contributed by atoms with Crippen LogP contribution < -0.4 is 10.6 Å². The zero-order valence-corrected chi connectivity index (χ0v) is 16.9. The first-order valence-corrected chi connectivity index (χ1v) is 10.9. The van der Waals surface area contributed by atoms with Crippen LogP contribution >= 0.6 is 0 Å². The number of anilines is 1. The molecule has 0 radical (unpaired) electrons. The number of nitro benzene ring substituents is 1. The third-order valence-corrected chi connectivity index (χ3v) is 5.46. The van der Waals surface area contributed by atoms with E-state index in [9.17, 15) is 23.3 Å². The van der Waals surface area contributed by atoms with Crippen LogP contribution in [0.1, 0.15) is 10.4 Å². The number of amides is 1. The van der Waals surface area contributed by atoms with Gasteiger partial charge in [0, 0.05) is 49.1 Å². The lowest BCUT2D eigenvalue weighted by Crippen LogP contribution is -2.28. The standard InChI is InChI=1S/C20H20N4O5S/c1-30(28,29)17-8-9-18(19(14-17)24(26)27)21-10-11-22-20(25)15-4-6-16(7-5-15)23-12-2-3-13-23/h2-9,12-14,21H,10-11H2,1H3,(H,22,25). The van der Waals surface area contributed by atoms with Gasteiger partial charge in [-0.25, -0.2) is 8.42 Å². The van der Waals surface area contributed by atoms with E-state index < -0.39 is 14.8 Å². The summed E-state index contributed by atoms with van der Waals surface area (Å²) in [5.74, 6) is -0.266. The second-order valence-electron chi connectivity index (χ2n) is 6.53. The molecule has 0 spiro atoms. The minimum atomic E-state index is -3.55. The van der Waals surface area contributed by atoms with E-state index in [1.165, 1.54) is 12.1 Å². The Bertz CT molecular complexity index is 1160. The van der Waals surface area contributed by atoms with Crippen LogP contribution in [0, 0.1) is 10.1 Å². The SMILES string of the molecule is CS(=O)(=O)c1ccc(NCCNC(=O)c2ccc(-n3cccc3)cc2)c([N+](=O)[O-])c1. The number of benzene rings is 2. The summed E-state index contributed by atoms with van der Waals surface area (Å²) in [7, 11) is -3.55. The van der Waals surface area contributed by atoms with E-state index in [0.717, 1.165) is 18.0 Å². The first-order valence-electron chi connectivity index (χ1n) is 9.00. The molecule has 9 nitrogen and oxygen atoms in total. The number of nitro groups is 1. The molecule has 3 rings (SSSR count). The number of nitrogens with one attached hydrogen (secondary N) is 2. The Kier molecular flexibility index (Phi) is 6.17. The summed E-state index contributed by atoms with van der Waals surface area (Å²) < 4.78 is 25.1. The summed E-state index contributed by atoms with van der Waals surface area (Å²) >= 11 is 0. The number of hydrogen-bond acceptors (Lipinski definition) is 6. The Balaban J connectivity index is 1.57. The monoisotopic (exact) mass is 428 g/mol. The molecular formula is C20H20N4O5S. The second kappa shape index (κ2) is 8.78. The highest BCUT2D eigenvalue weighted by molar-refractivity contribution is 7.90. The first kappa shape index (κ1) is 21.1. The second-order valence-corrected chi connectivity index (χ2v) is 8.54. The van der Waals surface area contributed by atoms with E-state index >= 15 is 0 Å². The predicted octanol–water partition coefficient (Wildman–Crippen LogP) is 2.63. The largest absolute Gasteiger partial charge is 0.378 e. The van der Waals surface area contributed by atoms with Crippen LogP contribution in [0.4, 0.5) is 11.4 Å². The molecule has 3 aromatic rings. The lowest BCUT2D eigenvalue weighted by Gasteiger charge is -2.10. The van der Waals surface area contributed by atoms with Gasteiger partial charge in [0.2, 0.25) is 0 Å². The molecule has 10 heteroatoms. The van der Waals surface area contributed by atoms with Gasteiger partial charge in [-0.15, -0.1) is 0 Å². The van der Waals surface area contributed by atoms with Crippen LogP contribution in [-0.4, -0.2) is 43.2 Å². The average molecular weight is 428 g/mol. The predicted molar refractivity (Wildman–Crippen MR) is 113 cm³/mol. The van der Waals surface area contributed by atoms with E-state index in [-0.39, 0.29) is 35.3 Å². The van der Waals surface area contributed by atoms with Gasteiger partial charge >= 0.3 is 0 Å². The molecule has 0 saturated heterocycles. The Morgan fingerprint density at radius 1 is 1.07 bits per heavy atom. The van der Waals surface area contributed by atoms with Gasteiger partial charge in [0.25, 0.3) is 11.6 Å². The van der Waals surface area contributed by atoms with Crippen molar-refractivity contribution in [1.82, 2.24) is 9.88 Å². The lowest BCUT2D eigenvalue weighted by molar-refractivity contribution is -0.384. The topological polar surface area (TPSA) is 123 Å². The summed E-state index contributed by atoms with van der Waals surface area (Å²) in [5, 5.41) is 16.8. The molecule has 0 atom stereocenters. The van der Waals surface area contributed by atoms with Crippen molar-refractivity contribution >= 4 is 27.1 Å². The maximum Gasteiger partial charge on any atom is 0.293 e. The maximum absolute atomic E-state index is 12.3. The molecule has 156 valence electrons. The van der Waals surface area contributed by atoms with E-state index in [2.05, 4.69) is 10.6 Å². The summed E-state index contributed by atoms with van der Waals surface area (Å²) in [6.45, 7) is 0.454. The Morgan fingerprint density at radius 3 is 2.33 bits per heavy atom. The number of nitrogens with zero attached hydrogens (tertiary/aromatic N) is 2. The highest BCUT2D eigenvalue weighted by Crippen LogP contribution is 2.27. The molecule has 0 aliphatic heterocycles. The van der Waals surface area contributed by atoms with Crippen LogP contribution in [0.25, 0.3) is 5.69 Å². The fraction of sp³-hybridized carbons (Fsp3) is 0.150. The van der Waals surface area contributed by atoms with Crippen LogP contribution in [-0.2, 0) is 9.84 Å². The molecule has 0 unspecified atom stereocenters. The molecule has 0 bridgehead atoms. The van der Waals surface area contributed by atoms with Crippen molar-refractivity contribution in [3.8, 4) is 5.69 Å². The van der Waals surface area contributed by atoms with E-state index in [1.54, 1.807) is 12.1 Å². The van der Waals surface area contributed by atoms with Crippen LogP contribution in [0.3, 0.4) is 0 Å². The normalized spacial score (nSPS) is 11.1. The minimum Gasteiger partial charge on any atom is -0.378 e. The third kappa shape index (κ3) is 5.03. The van der Waals surface area contributed by atoms with Gasteiger partial charge in [-0.1, -0.05) is 0 Å². The Labute approximate surface area is 173 Å². The van der Waals surface area contributed by atoms with Crippen molar-refractivity contribution in [1.29, 1.82) is 0 Å². The molecule has 1 aromatic heterocycles. The first-order chi connectivity index (χ1) is 14.3. The molecule has 0 aliphatic carbocycles. The van der Waals surface area contributed by atoms with Gasteiger partial charge in [-0.2, -0.15) is 0 Å². The number of hydrogen-bond donors (Lipinski definition) is 2. The quantitative estimate of drug-likeness (QED) is 0.323. The fourth-order valence-electron chi connectivity index (χ4n) is 2.81. The van der Waals surface area contributed by atoms with Crippen molar-refractivity contribution in [3.05, 3.63) is 82.7 Å². The van der Waals surface area contributed by atoms with E-state index in [4.69, 9.17) is 0 Å². The van der Waals surface area contributed by atoms with Crippen LogP contribution in [0.2, 0.25) is 0 Å². The number of aromatic nitrogens is 1. The van der Waals surface area contributed by atoms with Gasteiger partial charge < -0.3 is 15.2 Å². The van der Waals surface area contributed by atoms with Gasteiger partial charge in [-0.05, 0) is 48.5 Å². The van der Waals surface area contributed by atoms with Crippen molar-refractivity contribution in [3.63, 3.8) is 0 Å². The van der Waals surface area contributed by atoms with Gasteiger partial charge in [-0.3, -0.25) is 14.9 Å². The zero-order valence-electron chi connectivity index (χ0n) is 16.1. The average Bonchev–Trinajstić information content (AvgIpc) is 3.25. The smallest absolute Gasteiger partial charge is 0.293 e. The maximum atomic E-state index is 12.3. The van der Waals surface area contributed by atoms with Gasteiger partial charge in [0.15, 0.2) is 9.84 Å². The summed E-state index contributed by atoms with van der Waals surface area (Å²) in [6.07, 6.45) is 4.80. The molecule has 0 aliphatic rings. The minimum absolute atomic E-state index is 0.128. The molecule has 0 fully saturated rings. The fourth-order valence-corrected chi connectivity index (χ4v) is 3.45. The molecule has 30 heavy (non-hydrogen) atoms. The van der Waals surface area contributed by atoms with Crippen molar-refractivity contribution in [2.45, 2.75) is 4.90 Å². The Hall–Kier alpha value is -3.66. The van der Waals surface area contributed by atoms with Gasteiger partial charge in [0.1, 0.15) is 5.69 Å². The van der Waals surface area contributed by atoms with E-state index in [0.29, 0.717) is 5.56 Å². The number of carbonyl (C=O) groups excluding carboxylic acids is 1. The van der Waals surface area contributed by atoms with Gasteiger partial charge in [0.05, 0.1) is 9.82 Å². The van der Waals surface area contributed by atoms with Crippen molar-refractivity contribution < 1.29 is 18.1 Å². The summed E-state index contributed by atoms with van der Waals surface area (Å²) in [6, 6.07) is 14.6. The van der Waals surface area contributed by atoms with Crippen molar-refractivity contribution in [2.75, 3.05) is 24.7 Å². The molecule has 0 saturated carbocycles. The summed E-state index contributed by atoms with van der Waals surface area (Å²) in [5.41, 5.74) is 1.26. The summed E-state index contributed by atoms with van der Waals surface area (Å²) in [4.78, 5) is 22.7. The highest BCUT2D eigenvalue weighted by Gasteiger charge is 2.18. The molecular weight excluding hydrogens is 408 g/mol. The van der Waals surface area contributed by atoms with E-state index in [1.807, 2.05) is 41.2 Å². The van der Waals surface area contributed by atoms with Crippen LogP contribution in [0.5, 0.6) is 0 Å². The molecule has 1 heterocycles. The molecule has 2 aromatic carbocycles. The number of carbonyl (C=O) groups is 1. The third-order valence-electron chi connectivity index (χ3n) is 4.35. The highest BCUT2D eigenvalue weighted by atomic mass is 32.2.